The zero-order chi connectivity index (χ0) is 20.9. The van der Waals surface area contributed by atoms with Gasteiger partial charge in [0.1, 0.15) is 17.2 Å². The number of rotatable bonds is 2. The number of aromatic hydroxyl groups is 1. The lowest BCUT2D eigenvalue weighted by atomic mass is 10.1. The molecule has 2 aromatic carbocycles. The van der Waals surface area contributed by atoms with Crippen molar-refractivity contribution in [3.63, 3.8) is 0 Å². The molecule has 0 fully saturated rings. The highest BCUT2D eigenvalue weighted by Gasteiger charge is 2.39. The maximum absolute atomic E-state index is 13.7. The molecule has 0 amide bonds. The molecule has 10 heteroatoms. The fourth-order valence-electron chi connectivity index (χ4n) is 3.05. The molecule has 0 bridgehead atoms. The lowest BCUT2D eigenvalue weighted by Crippen LogP contribution is -2.10. The summed E-state index contributed by atoms with van der Waals surface area (Å²) in [6.45, 7) is 0. The summed E-state index contributed by atoms with van der Waals surface area (Å²) in [4.78, 5) is 14.6. The van der Waals surface area contributed by atoms with Gasteiger partial charge in [-0.25, -0.2) is 8.91 Å². The van der Waals surface area contributed by atoms with Crippen molar-refractivity contribution in [2.45, 2.75) is 6.18 Å². The molecule has 0 aliphatic rings. The van der Waals surface area contributed by atoms with Crippen LogP contribution in [0.3, 0.4) is 0 Å². The normalized spacial score (nSPS) is 11.9. The Balaban J connectivity index is 2.12. The lowest BCUT2D eigenvalue weighted by Gasteiger charge is -2.08. The van der Waals surface area contributed by atoms with Crippen LogP contribution in [-0.4, -0.2) is 19.7 Å². The third-order valence-corrected chi connectivity index (χ3v) is 4.51. The Kier molecular flexibility index (Phi) is 4.34. The summed E-state index contributed by atoms with van der Waals surface area (Å²) < 4.78 is 55.4. The highest BCUT2D eigenvalue weighted by molar-refractivity contribution is 6.30. The number of phenolic OH excluding ortho intramolecular Hbond substituents is 1. The summed E-state index contributed by atoms with van der Waals surface area (Å²) in [6, 6.07) is 9.48. The highest BCUT2D eigenvalue weighted by atomic mass is 35.5. The van der Waals surface area contributed by atoms with Gasteiger partial charge in [0.25, 0.3) is 5.56 Å². The molecule has 0 spiro atoms. The molecule has 0 aliphatic carbocycles. The van der Waals surface area contributed by atoms with Crippen molar-refractivity contribution in [3.05, 3.63) is 75.4 Å². The SMILES string of the molecule is O=c1cc(-c2ccc(F)cc2O)n2nc(C(F)(F)F)c(-c3ccc(Cl)cc3)c2[nH]1. The van der Waals surface area contributed by atoms with Gasteiger partial charge in [-0.05, 0) is 29.8 Å². The number of aromatic nitrogens is 3. The van der Waals surface area contributed by atoms with Crippen LogP contribution in [0.4, 0.5) is 17.6 Å². The first-order valence-electron chi connectivity index (χ1n) is 8.13. The summed E-state index contributed by atoms with van der Waals surface area (Å²) in [5.41, 5.74) is -2.59. The van der Waals surface area contributed by atoms with Crippen LogP contribution in [0.25, 0.3) is 28.0 Å². The minimum atomic E-state index is -4.83. The summed E-state index contributed by atoms with van der Waals surface area (Å²) >= 11 is 5.82. The molecule has 4 aromatic rings. The molecule has 0 saturated heterocycles. The van der Waals surface area contributed by atoms with Gasteiger partial charge in [-0.3, -0.25) is 4.79 Å². The molecule has 29 heavy (non-hydrogen) atoms. The van der Waals surface area contributed by atoms with E-state index in [1.165, 1.54) is 24.3 Å². The number of hydrogen-bond acceptors (Lipinski definition) is 3. The molecule has 0 saturated carbocycles. The first-order chi connectivity index (χ1) is 13.6. The Labute approximate surface area is 164 Å². The lowest BCUT2D eigenvalue weighted by molar-refractivity contribution is -0.140. The van der Waals surface area contributed by atoms with Crippen LogP contribution in [-0.2, 0) is 6.18 Å². The van der Waals surface area contributed by atoms with Gasteiger partial charge in [-0.1, -0.05) is 23.7 Å². The van der Waals surface area contributed by atoms with Crippen LogP contribution in [0.2, 0.25) is 5.02 Å². The first-order valence-corrected chi connectivity index (χ1v) is 8.51. The summed E-state index contributed by atoms with van der Waals surface area (Å²) in [7, 11) is 0. The van der Waals surface area contributed by atoms with Gasteiger partial charge in [0.2, 0.25) is 0 Å². The molecule has 0 radical (unpaired) electrons. The number of nitrogens with zero attached hydrogens (tertiary/aromatic N) is 2. The molecule has 5 nitrogen and oxygen atoms in total. The number of aromatic amines is 1. The Morgan fingerprint density at radius 2 is 1.76 bits per heavy atom. The number of nitrogens with one attached hydrogen (secondary N) is 1. The van der Waals surface area contributed by atoms with Gasteiger partial charge >= 0.3 is 6.18 Å². The molecule has 0 aliphatic heterocycles. The molecular weight excluding hydrogens is 414 g/mol. The molecular formula is C19H10ClF4N3O2. The maximum atomic E-state index is 13.7. The van der Waals surface area contributed by atoms with Crippen molar-refractivity contribution >= 4 is 17.2 Å². The van der Waals surface area contributed by atoms with Crippen LogP contribution in [0, 0.1) is 5.82 Å². The van der Waals surface area contributed by atoms with E-state index in [9.17, 15) is 27.5 Å². The topological polar surface area (TPSA) is 70.4 Å². The molecule has 2 heterocycles. The van der Waals surface area contributed by atoms with Gasteiger partial charge in [-0.15, -0.1) is 0 Å². The number of benzene rings is 2. The number of halogens is 5. The van der Waals surface area contributed by atoms with Gasteiger partial charge in [0.15, 0.2) is 5.69 Å². The quantitative estimate of drug-likeness (QED) is 0.452. The number of fused-ring (bicyclic) bond motifs is 1. The first kappa shape index (κ1) is 19.0. The van der Waals surface area contributed by atoms with Gasteiger partial charge in [0, 0.05) is 22.7 Å². The molecule has 0 atom stereocenters. The predicted molar refractivity (Wildman–Crippen MR) is 98.3 cm³/mol. The van der Waals surface area contributed by atoms with Crippen LogP contribution in [0.1, 0.15) is 5.69 Å². The second-order valence-corrected chi connectivity index (χ2v) is 6.61. The third-order valence-electron chi connectivity index (χ3n) is 4.26. The van der Waals surface area contributed by atoms with E-state index in [2.05, 4.69) is 10.1 Å². The van der Waals surface area contributed by atoms with Crippen LogP contribution in [0.5, 0.6) is 5.75 Å². The van der Waals surface area contributed by atoms with Crippen molar-refractivity contribution in [3.8, 4) is 28.1 Å². The number of H-pyrrole nitrogens is 1. The largest absolute Gasteiger partial charge is 0.507 e. The van der Waals surface area contributed by atoms with E-state index in [-0.39, 0.29) is 28.0 Å². The fourth-order valence-corrected chi connectivity index (χ4v) is 3.17. The van der Waals surface area contributed by atoms with E-state index in [1.54, 1.807) is 0 Å². The zero-order valence-corrected chi connectivity index (χ0v) is 15.0. The van der Waals surface area contributed by atoms with Crippen LogP contribution < -0.4 is 5.56 Å². The van der Waals surface area contributed by atoms with Crippen molar-refractivity contribution in [2.75, 3.05) is 0 Å². The Hall–Kier alpha value is -3.33. The summed E-state index contributed by atoms with van der Waals surface area (Å²) in [6.07, 6.45) is -4.83. The highest BCUT2D eigenvalue weighted by Crippen LogP contribution is 2.40. The Morgan fingerprint density at radius 1 is 1.07 bits per heavy atom. The second-order valence-electron chi connectivity index (χ2n) is 6.17. The van der Waals surface area contributed by atoms with Gasteiger partial charge < -0.3 is 10.1 Å². The van der Waals surface area contributed by atoms with Crippen molar-refractivity contribution in [2.24, 2.45) is 0 Å². The van der Waals surface area contributed by atoms with E-state index in [4.69, 9.17) is 11.6 Å². The maximum Gasteiger partial charge on any atom is 0.435 e. The van der Waals surface area contributed by atoms with Crippen LogP contribution in [0.15, 0.2) is 53.3 Å². The van der Waals surface area contributed by atoms with E-state index >= 15 is 0 Å². The molecule has 0 unspecified atom stereocenters. The van der Waals surface area contributed by atoms with Crippen molar-refractivity contribution < 1.29 is 22.7 Å². The monoisotopic (exact) mass is 423 g/mol. The van der Waals surface area contributed by atoms with E-state index in [0.717, 1.165) is 28.8 Å². The summed E-state index contributed by atoms with van der Waals surface area (Å²) in [5.74, 6) is -1.29. The number of alkyl halides is 3. The average Bonchev–Trinajstić information content (AvgIpc) is 3.01. The Bertz CT molecular complexity index is 1290. The smallest absolute Gasteiger partial charge is 0.435 e. The Morgan fingerprint density at radius 3 is 2.38 bits per heavy atom. The average molecular weight is 424 g/mol. The van der Waals surface area contributed by atoms with E-state index < -0.39 is 29.0 Å². The fraction of sp³-hybridized carbons (Fsp3) is 0.0526. The van der Waals surface area contributed by atoms with Gasteiger partial charge in [0.05, 0.1) is 11.3 Å². The van der Waals surface area contributed by atoms with Crippen molar-refractivity contribution in [1.29, 1.82) is 0 Å². The zero-order valence-electron chi connectivity index (χ0n) is 14.3. The number of hydrogen-bond donors (Lipinski definition) is 2. The molecule has 2 N–H and O–H groups in total. The van der Waals surface area contributed by atoms with Gasteiger partial charge in [-0.2, -0.15) is 18.3 Å². The number of phenols is 1. The minimum Gasteiger partial charge on any atom is -0.507 e. The molecule has 148 valence electrons. The molecule has 2 aromatic heterocycles. The molecule has 4 rings (SSSR count). The minimum absolute atomic E-state index is 0.0543. The second kappa shape index (κ2) is 6.63. The standard InChI is InChI=1S/C19H10ClF4N3O2/c20-10-3-1-9(2-4-10)16-17(19(22,23)24)26-27-13(8-15(29)25-18(16)27)12-6-5-11(21)7-14(12)28/h1-8,28H,(H,25,29). The third kappa shape index (κ3) is 3.33. The van der Waals surface area contributed by atoms with Crippen molar-refractivity contribution in [1.82, 2.24) is 14.6 Å². The predicted octanol–water partition coefficient (Wildman–Crippen LogP) is 4.87. The van der Waals surface area contributed by atoms with Crippen LogP contribution >= 0.6 is 11.6 Å². The van der Waals surface area contributed by atoms with E-state index in [0.29, 0.717) is 5.02 Å². The van der Waals surface area contributed by atoms with E-state index in [1.807, 2.05) is 0 Å². The summed E-state index contributed by atoms with van der Waals surface area (Å²) in [5, 5.41) is 14.0.